The van der Waals surface area contributed by atoms with E-state index in [2.05, 4.69) is 24.1 Å². The summed E-state index contributed by atoms with van der Waals surface area (Å²) >= 11 is 0. The van der Waals surface area contributed by atoms with E-state index in [-0.39, 0.29) is 6.04 Å². The summed E-state index contributed by atoms with van der Waals surface area (Å²) < 4.78 is 5.89. The summed E-state index contributed by atoms with van der Waals surface area (Å²) in [5.74, 6) is 0. The van der Waals surface area contributed by atoms with E-state index in [0.717, 1.165) is 38.8 Å². The molecular weight excluding hydrogens is 256 g/mol. The number of likely N-dealkylation sites (tertiary alicyclic amines) is 1. The highest BCUT2D eigenvalue weighted by Crippen LogP contribution is 2.27. The maximum atomic E-state index is 10.6. The van der Waals surface area contributed by atoms with Crippen LogP contribution in [-0.4, -0.2) is 53.5 Å². The molecule has 1 amide bonds. The van der Waals surface area contributed by atoms with Crippen LogP contribution in [0.15, 0.2) is 0 Å². The average Bonchev–Trinajstić information content (AvgIpc) is 2.39. The quantitative estimate of drug-likeness (QED) is 0.832. The van der Waals surface area contributed by atoms with Crippen LogP contribution in [0.3, 0.4) is 0 Å². The van der Waals surface area contributed by atoms with Crippen molar-refractivity contribution < 1.29 is 14.6 Å². The molecule has 2 rings (SSSR count). The lowest BCUT2D eigenvalue weighted by atomic mass is 9.90. The fourth-order valence-corrected chi connectivity index (χ4v) is 3.51. The first-order valence-corrected chi connectivity index (χ1v) is 7.93. The highest BCUT2D eigenvalue weighted by molar-refractivity contribution is 5.64. The molecule has 0 bridgehead atoms. The number of piperidine rings is 1. The summed E-state index contributed by atoms with van der Waals surface area (Å²) in [5.41, 5.74) is 0. The third-order valence-electron chi connectivity index (χ3n) is 4.48. The number of nitrogens with zero attached hydrogens (tertiary/aromatic N) is 1. The molecule has 1 aliphatic heterocycles. The van der Waals surface area contributed by atoms with E-state index in [1.807, 2.05) is 0 Å². The Labute approximate surface area is 121 Å². The van der Waals surface area contributed by atoms with E-state index in [4.69, 9.17) is 9.84 Å². The lowest BCUT2D eigenvalue weighted by Crippen LogP contribution is -2.49. The van der Waals surface area contributed by atoms with Gasteiger partial charge in [0.05, 0.1) is 12.2 Å². The van der Waals surface area contributed by atoms with Gasteiger partial charge in [-0.05, 0) is 52.4 Å². The normalized spacial score (nSPS) is 29.6. The molecule has 0 atom stereocenters. The van der Waals surface area contributed by atoms with Gasteiger partial charge in [-0.1, -0.05) is 0 Å². The molecule has 20 heavy (non-hydrogen) atoms. The lowest BCUT2D eigenvalue weighted by Gasteiger charge is -2.40. The number of carboxylic acid groups (broad SMARTS) is 1. The predicted molar refractivity (Wildman–Crippen MR) is 78.0 cm³/mol. The van der Waals surface area contributed by atoms with Gasteiger partial charge in [-0.2, -0.15) is 0 Å². The standard InChI is InChI=1S/C15H28N2O3/c1-11(2)20-14-5-3-13(4-6-14)17-9-7-12(8-10-17)16-15(18)19/h11-14,16H,3-10H2,1-2H3,(H,18,19)/t13-,14+. The molecule has 2 N–H and O–H groups in total. The lowest BCUT2D eigenvalue weighted by molar-refractivity contribution is -0.0284. The van der Waals surface area contributed by atoms with E-state index in [0.29, 0.717) is 18.2 Å². The molecule has 0 unspecified atom stereocenters. The van der Waals surface area contributed by atoms with Crippen LogP contribution in [0.25, 0.3) is 0 Å². The zero-order valence-electron chi connectivity index (χ0n) is 12.7. The minimum Gasteiger partial charge on any atom is -0.465 e. The van der Waals surface area contributed by atoms with Gasteiger partial charge in [0.15, 0.2) is 0 Å². The highest BCUT2D eigenvalue weighted by Gasteiger charge is 2.29. The number of ether oxygens (including phenoxy) is 1. The molecule has 116 valence electrons. The van der Waals surface area contributed by atoms with E-state index in [9.17, 15) is 4.79 Å². The summed E-state index contributed by atoms with van der Waals surface area (Å²) in [4.78, 5) is 13.2. The molecule has 1 heterocycles. The number of hydrogen-bond donors (Lipinski definition) is 2. The van der Waals surface area contributed by atoms with Gasteiger partial charge in [-0.15, -0.1) is 0 Å². The molecule has 0 aromatic heterocycles. The van der Waals surface area contributed by atoms with Gasteiger partial charge >= 0.3 is 6.09 Å². The minimum absolute atomic E-state index is 0.143. The summed E-state index contributed by atoms with van der Waals surface area (Å²) in [5, 5.41) is 11.3. The largest absolute Gasteiger partial charge is 0.465 e. The molecule has 1 saturated carbocycles. The Morgan fingerprint density at radius 3 is 2.25 bits per heavy atom. The maximum Gasteiger partial charge on any atom is 0.404 e. The smallest absolute Gasteiger partial charge is 0.404 e. The fourth-order valence-electron chi connectivity index (χ4n) is 3.51. The Morgan fingerprint density at radius 1 is 1.15 bits per heavy atom. The molecule has 5 heteroatoms. The van der Waals surface area contributed by atoms with E-state index in [1.165, 1.54) is 12.8 Å². The number of hydrogen-bond acceptors (Lipinski definition) is 3. The monoisotopic (exact) mass is 284 g/mol. The number of nitrogens with one attached hydrogen (secondary N) is 1. The first-order valence-electron chi connectivity index (χ1n) is 7.93. The summed E-state index contributed by atoms with van der Waals surface area (Å²) in [7, 11) is 0. The summed E-state index contributed by atoms with van der Waals surface area (Å²) in [6, 6.07) is 0.817. The van der Waals surface area contributed by atoms with Crippen molar-refractivity contribution in [2.45, 2.75) is 76.7 Å². The third-order valence-corrected chi connectivity index (χ3v) is 4.48. The minimum atomic E-state index is -0.894. The summed E-state index contributed by atoms with van der Waals surface area (Å²) in [6.07, 6.45) is 6.51. The second-order valence-electron chi connectivity index (χ2n) is 6.38. The molecule has 0 radical (unpaired) electrons. The maximum absolute atomic E-state index is 10.6. The molecule has 2 fully saturated rings. The van der Waals surface area contributed by atoms with Crippen LogP contribution in [0.5, 0.6) is 0 Å². The van der Waals surface area contributed by atoms with Crippen molar-refractivity contribution in [1.82, 2.24) is 10.2 Å². The molecule has 1 aliphatic carbocycles. The van der Waals surface area contributed by atoms with E-state index < -0.39 is 6.09 Å². The Kier molecular flexibility index (Phi) is 5.66. The Morgan fingerprint density at radius 2 is 1.75 bits per heavy atom. The topological polar surface area (TPSA) is 61.8 Å². The molecule has 1 saturated heterocycles. The van der Waals surface area contributed by atoms with E-state index >= 15 is 0 Å². The van der Waals surface area contributed by atoms with Crippen molar-refractivity contribution in [1.29, 1.82) is 0 Å². The predicted octanol–water partition coefficient (Wildman–Crippen LogP) is 2.45. The van der Waals surface area contributed by atoms with Crippen LogP contribution in [0.1, 0.15) is 52.4 Å². The molecular formula is C15H28N2O3. The third kappa shape index (κ3) is 4.63. The van der Waals surface area contributed by atoms with Crippen LogP contribution in [-0.2, 0) is 4.74 Å². The van der Waals surface area contributed by atoms with Crippen molar-refractivity contribution in [3.05, 3.63) is 0 Å². The number of rotatable bonds is 4. The van der Waals surface area contributed by atoms with Crippen LogP contribution in [0, 0.1) is 0 Å². The van der Waals surface area contributed by atoms with Gasteiger partial charge in [-0.3, -0.25) is 0 Å². The molecule has 2 aliphatic rings. The fraction of sp³-hybridized carbons (Fsp3) is 0.933. The van der Waals surface area contributed by atoms with Gasteiger partial charge in [0.1, 0.15) is 0 Å². The zero-order valence-corrected chi connectivity index (χ0v) is 12.7. The number of amides is 1. The van der Waals surface area contributed by atoms with Crippen molar-refractivity contribution in [3.63, 3.8) is 0 Å². The highest BCUT2D eigenvalue weighted by atomic mass is 16.5. The second-order valence-corrected chi connectivity index (χ2v) is 6.38. The van der Waals surface area contributed by atoms with E-state index in [1.54, 1.807) is 0 Å². The second kappa shape index (κ2) is 7.27. The SMILES string of the molecule is CC(C)O[C@H]1CC[C@@H](N2CCC(NC(=O)O)CC2)CC1. The average molecular weight is 284 g/mol. The van der Waals surface area contributed by atoms with Gasteiger partial charge in [-0.25, -0.2) is 4.79 Å². The first kappa shape index (κ1) is 15.6. The first-order chi connectivity index (χ1) is 9.54. The molecule has 5 nitrogen and oxygen atoms in total. The van der Waals surface area contributed by atoms with Crippen LogP contribution < -0.4 is 5.32 Å². The Balaban J connectivity index is 1.69. The summed E-state index contributed by atoms with van der Waals surface area (Å²) in [6.45, 7) is 6.25. The molecule has 0 aromatic rings. The Hall–Kier alpha value is -0.810. The van der Waals surface area contributed by atoms with Gasteiger partial charge in [0.25, 0.3) is 0 Å². The molecule has 0 spiro atoms. The van der Waals surface area contributed by atoms with Crippen molar-refractivity contribution in [2.75, 3.05) is 13.1 Å². The Bertz CT molecular complexity index is 306. The van der Waals surface area contributed by atoms with Gasteiger partial charge < -0.3 is 20.1 Å². The van der Waals surface area contributed by atoms with Crippen molar-refractivity contribution in [3.8, 4) is 0 Å². The number of carbonyl (C=O) groups is 1. The van der Waals surface area contributed by atoms with Gasteiger partial charge in [0, 0.05) is 25.2 Å². The molecule has 0 aromatic carbocycles. The zero-order chi connectivity index (χ0) is 14.5. The van der Waals surface area contributed by atoms with Crippen LogP contribution in [0.2, 0.25) is 0 Å². The van der Waals surface area contributed by atoms with Crippen molar-refractivity contribution in [2.24, 2.45) is 0 Å². The van der Waals surface area contributed by atoms with Gasteiger partial charge in [0.2, 0.25) is 0 Å². The van der Waals surface area contributed by atoms with Crippen LogP contribution >= 0.6 is 0 Å². The van der Waals surface area contributed by atoms with Crippen molar-refractivity contribution >= 4 is 6.09 Å². The van der Waals surface area contributed by atoms with Crippen LogP contribution in [0.4, 0.5) is 4.79 Å².